The summed E-state index contributed by atoms with van der Waals surface area (Å²) >= 11 is 0. The Labute approximate surface area is 153 Å². The molecule has 0 amide bonds. The van der Waals surface area contributed by atoms with Gasteiger partial charge in [-0.2, -0.15) is 0 Å². The van der Waals surface area contributed by atoms with Crippen molar-refractivity contribution < 1.29 is 0 Å². The summed E-state index contributed by atoms with van der Waals surface area (Å²) in [6.45, 7) is 0. The van der Waals surface area contributed by atoms with Crippen molar-refractivity contribution in [3.8, 4) is 22.3 Å². The minimum Gasteiger partial charge on any atom is -0.0622 e. The summed E-state index contributed by atoms with van der Waals surface area (Å²) in [5, 5.41) is 4.82. The Balaban J connectivity index is 1.75. The summed E-state index contributed by atoms with van der Waals surface area (Å²) in [6, 6.07) is 40.0. The first-order valence-corrected chi connectivity index (χ1v) is 8.89. The Bertz CT molecular complexity index is 1150. The summed E-state index contributed by atoms with van der Waals surface area (Å²) in [7, 11) is 0. The molecule has 5 rings (SSSR count). The zero-order valence-electron chi connectivity index (χ0n) is 14.3. The minimum absolute atomic E-state index is 1.16. The first kappa shape index (κ1) is 14.9. The molecule has 0 spiro atoms. The van der Waals surface area contributed by atoms with Crippen molar-refractivity contribution in [2.45, 2.75) is 0 Å². The van der Waals surface area contributed by atoms with E-state index >= 15 is 0 Å². The van der Waals surface area contributed by atoms with E-state index in [1.807, 2.05) is 0 Å². The molecular weight excluding hydrogens is 312 g/mol. The molecule has 26 heavy (non-hydrogen) atoms. The van der Waals surface area contributed by atoms with Crippen molar-refractivity contribution in [3.63, 3.8) is 0 Å². The summed E-state index contributed by atoms with van der Waals surface area (Å²) in [4.78, 5) is 0. The van der Waals surface area contributed by atoms with Gasteiger partial charge in [0.2, 0.25) is 0 Å². The monoisotopic (exact) mass is 329 g/mol. The number of hydrogen-bond donors (Lipinski definition) is 0. The lowest BCUT2D eigenvalue weighted by Gasteiger charge is -2.12. The third kappa shape index (κ3) is 2.48. The highest BCUT2D eigenvalue weighted by Gasteiger charge is 2.10. The van der Waals surface area contributed by atoms with Crippen LogP contribution < -0.4 is 0 Å². The van der Waals surface area contributed by atoms with Gasteiger partial charge in [0.1, 0.15) is 0 Å². The molecule has 0 saturated carbocycles. The Morgan fingerprint density at radius 3 is 1.46 bits per heavy atom. The molecule has 0 bridgehead atoms. The van der Waals surface area contributed by atoms with Gasteiger partial charge in [-0.05, 0) is 49.9 Å². The van der Waals surface area contributed by atoms with Crippen molar-refractivity contribution in [3.05, 3.63) is 109 Å². The fourth-order valence-corrected chi connectivity index (χ4v) is 3.68. The summed E-state index contributed by atoms with van der Waals surface area (Å²) in [5.41, 5.74) is 5.02. The molecule has 0 heteroatoms. The predicted octanol–water partition coefficient (Wildman–Crippen LogP) is 7.13. The van der Waals surface area contributed by atoms with Gasteiger partial charge in [0.05, 0.1) is 0 Å². The third-order valence-corrected chi connectivity index (χ3v) is 4.94. The van der Waals surface area contributed by atoms with E-state index < -0.39 is 0 Å². The molecule has 121 valence electrons. The highest BCUT2D eigenvalue weighted by atomic mass is 14.1. The molecule has 0 atom stereocenters. The van der Waals surface area contributed by atoms with Gasteiger partial charge in [-0.25, -0.2) is 0 Å². The highest BCUT2D eigenvalue weighted by molar-refractivity contribution is 6.12. The van der Waals surface area contributed by atoms with Crippen LogP contribution in [-0.4, -0.2) is 0 Å². The van der Waals surface area contributed by atoms with Crippen molar-refractivity contribution >= 4 is 21.5 Å². The first-order chi connectivity index (χ1) is 12.9. The van der Waals surface area contributed by atoms with E-state index in [0.29, 0.717) is 0 Å². The zero-order valence-corrected chi connectivity index (χ0v) is 14.3. The third-order valence-electron chi connectivity index (χ3n) is 4.94. The molecule has 0 nitrogen and oxygen atoms in total. The van der Waals surface area contributed by atoms with Crippen LogP contribution in [0.3, 0.4) is 0 Å². The summed E-state index contributed by atoms with van der Waals surface area (Å²) in [6.07, 6.45) is 0. The maximum atomic E-state index is 3.56. The lowest BCUT2D eigenvalue weighted by atomic mass is 9.91. The molecule has 0 aliphatic heterocycles. The molecule has 0 aliphatic carbocycles. The smallest absolute Gasteiger partial charge is 0.00139 e. The van der Waals surface area contributed by atoms with Crippen LogP contribution >= 0.6 is 0 Å². The van der Waals surface area contributed by atoms with Gasteiger partial charge in [-0.3, -0.25) is 0 Å². The molecule has 1 radical (unpaired) electrons. The quantitative estimate of drug-likeness (QED) is 0.302. The van der Waals surface area contributed by atoms with Crippen LogP contribution in [0.4, 0.5) is 0 Å². The van der Waals surface area contributed by atoms with Crippen LogP contribution in [0, 0.1) is 6.07 Å². The highest BCUT2D eigenvalue weighted by Crippen LogP contribution is 2.36. The van der Waals surface area contributed by atoms with E-state index in [2.05, 4.69) is 109 Å². The summed E-state index contributed by atoms with van der Waals surface area (Å²) in [5.74, 6) is 0. The van der Waals surface area contributed by atoms with Gasteiger partial charge in [0.15, 0.2) is 0 Å². The van der Waals surface area contributed by atoms with Gasteiger partial charge in [0.25, 0.3) is 0 Å². The van der Waals surface area contributed by atoms with E-state index in [4.69, 9.17) is 0 Å². The van der Waals surface area contributed by atoms with Gasteiger partial charge in [-0.15, -0.1) is 0 Å². The molecule has 5 aromatic carbocycles. The fourth-order valence-electron chi connectivity index (χ4n) is 3.68. The lowest BCUT2D eigenvalue weighted by Crippen LogP contribution is -1.86. The van der Waals surface area contributed by atoms with Gasteiger partial charge in [-0.1, -0.05) is 103 Å². The average molecular weight is 329 g/mol. The predicted molar refractivity (Wildman–Crippen MR) is 111 cm³/mol. The van der Waals surface area contributed by atoms with Crippen LogP contribution in [0.1, 0.15) is 0 Å². The Hall–Kier alpha value is -3.38. The van der Waals surface area contributed by atoms with Crippen molar-refractivity contribution in [1.29, 1.82) is 0 Å². The number of fused-ring (bicyclic) bond motifs is 2. The van der Waals surface area contributed by atoms with E-state index in [9.17, 15) is 0 Å². The molecular formula is C26H17. The number of hydrogen-bond acceptors (Lipinski definition) is 0. The van der Waals surface area contributed by atoms with Crippen LogP contribution in [0.25, 0.3) is 43.8 Å². The molecule has 5 aromatic rings. The molecule has 0 saturated heterocycles. The second kappa shape index (κ2) is 6.16. The van der Waals surface area contributed by atoms with E-state index in [1.54, 1.807) is 0 Å². The van der Waals surface area contributed by atoms with Crippen molar-refractivity contribution in [2.24, 2.45) is 0 Å². The summed E-state index contributed by atoms with van der Waals surface area (Å²) < 4.78 is 0. The SMILES string of the molecule is [c]1c2ccccc2c(-c2ccc(-c3ccccc3)cc2)c2ccccc12. The minimum atomic E-state index is 1.16. The fraction of sp³-hybridized carbons (Fsp3) is 0. The van der Waals surface area contributed by atoms with Crippen molar-refractivity contribution in [1.82, 2.24) is 0 Å². The van der Waals surface area contributed by atoms with Crippen LogP contribution in [0.2, 0.25) is 0 Å². The Morgan fingerprint density at radius 1 is 0.385 bits per heavy atom. The van der Waals surface area contributed by atoms with Crippen LogP contribution in [0.15, 0.2) is 103 Å². The Morgan fingerprint density at radius 2 is 0.846 bits per heavy atom. The second-order valence-electron chi connectivity index (χ2n) is 6.53. The van der Waals surface area contributed by atoms with E-state index in [1.165, 1.54) is 33.0 Å². The molecule has 0 fully saturated rings. The zero-order chi connectivity index (χ0) is 17.3. The standard InChI is InChI=1S/C26H17/c1-2-8-19(9-3-1)20-14-16-21(17-15-20)26-24-12-6-4-10-22(24)18-23-11-5-7-13-25(23)26/h1-17H. The van der Waals surface area contributed by atoms with Crippen molar-refractivity contribution in [2.75, 3.05) is 0 Å². The van der Waals surface area contributed by atoms with Crippen LogP contribution in [-0.2, 0) is 0 Å². The number of benzene rings is 5. The molecule has 0 N–H and O–H groups in total. The average Bonchev–Trinajstić information content (AvgIpc) is 2.73. The van der Waals surface area contributed by atoms with Gasteiger partial charge >= 0.3 is 0 Å². The van der Waals surface area contributed by atoms with Crippen LogP contribution in [0.5, 0.6) is 0 Å². The topological polar surface area (TPSA) is 0 Å². The van der Waals surface area contributed by atoms with E-state index in [0.717, 1.165) is 10.8 Å². The maximum absolute atomic E-state index is 3.56. The lowest BCUT2D eigenvalue weighted by molar-refractivity contribution is 1.61. The molecule has 0 aliphatic rings. The Kier molecular flexibility index (Phi) is 3.54. The second-order valence-corrected chi connectivity index (χ2v) is 6.53. The molecule has 0 heterocycles. The van der Waals surface area contributed by atoms with Gasteiger partial charge in [0, 0.05) is 0 Å². The maximum Gasteiger partial charge on any atom is -0.00139 e. The van der Waals surface area contributed by atoms with Gasteiger partial charge < -0.3 is 0 Å². The van der Waals surface area contributed by atoms with E-state index in [-0.39, 0.29) is 0 Å². The normalized spacial score (nSPS) is 11.1. The first-order valence-electron chi connectivity index (χ1n) is 8.89. The largest absolute Gasteiger partial charge is 0.0622 e. The molecule has 0 aromatic heterocycles. The number of rotatable bonds is 2. The molecule has 0 unspecified atom stereocenters.